The number of hydrogen-bond acceptors (Lipinski definition) is 3. The Labute approximate surface area is 83.4 Å². The standard InChI is InChI=1S/C11H16O3/c12-10-6-3-5(6)4-9(10)13-7-1-2-8-11(7)14-8/h5-12H,1-4H2. The van der Waals surface area contributed by atoms with Crippen molar-refractivity contribution >= 4 is 0 Å². The minimum Gasteiger partial charge on any atom is -0.390 e. The molecule has 1 N–H and O–H groups in total. The van der Waals surface area contributed by atoms with Crippen LogP contribution in [-0.2, 0) is 9.47 Å². The van der Waals surface area contributed by atoms with E-state index in [9.17, 15) is 5.11 Å². The van der Waals surface area contributed by atoms with Gasteiger partial charge in [0.15, 0.2) is 0 Å². The molecule has 7 atom stereocenters. The van der Waals surface area contributed by atoms with Gasteiger partial charge in [0.25, 0.3) is 0 Å². The molecule has 78 valence electrons. The second kappa shape index (κ2) is 2.52. The van der Waals surface area contributed by atoms with Crippen LogP contribution < -0.4 is 0 Å². The van der Waals surface area contributed by atoms with Crippen LogP contribution in [0.2, 0.25) is 0 Å². The van der Waals surface area contributed by atoms with Crippen LogP contribution in [0.4, 0.5) is 0 Å². The van der Waals surface area contributed by atoms with Crippen LogP contribution in [0.1, 0.15) is 25.7 Å². The van der Waals surface area contributed by atoms with Gasteiger partial charge in [0, 0.05) is 0 Å². The van der Waals surface area contributed by atoms with Crippen molar-refractivity contribution in [2.45, 2.75) is 56.2 Å². The number of aliphatic hydroxyl groups is 1. The first-order chi connectivity index (χ1) is 6.83. The highest BCUT2D eigenvalue weighted by molar-refractivity contribution is 5.05. The molecule has 0 aromatic heterocycles. The molecule has 1 saturated heterocycles. The zero-order valence-corrected chi connectivity index (χ0v) is 8.13. The number of aliphatic hydroxyl groups excluding tert-OH is 1. The summed E-state index contributed by atoms with van der Waals surface area (Å²) in [5.41, 5.74) is 0. The van der Waals surface area contributed by atoms with Crippen LogP contribution in [-0.4, -0.2) is 35.6 Å². The molecular weight excluding hydrogens is 180 g/mol. The van der Waals surface area contributed by atoms with E-state index in [0.29, 0.717) is 18.1 Å². The maximum absolute atomic E-state index is 9.89. The van der Waals surface area contributed by atoms with Gasteiger partial charge in [0.2, 0.25) is 0 Å². The van der Waals surface area contributed by atoms with Crippen molar-refractivity contribution in [1.82, 2.24) is 0 Å². The topological polar surface area (TPSA) is 42.0 Å². The first-order valence-corrected chi connectivity index (χ1v) is 5.82. The van der Waals surface area contributed by atoms with Crippen LogP contribution in [0.25, 0.3) is 0 Å². The van der Waals surface area contributed by atoms with Gasteiger partial charge in [-0.15, -0.1) is 0 Å². The van der Waals surface area contributed by atoms with Gasteiger partial charge in [0.1, 0.15) is 6.10 Å². The Balaban J connectivity index is 1.41. The third-order valence-corrected chi connectivity index (χ3v) is 4.41. The molecule has 1 aliphatic heterocycles. The Morgan fingerprint density at radius 3 is 2.64 bits per heavy atom. The first-order valence-electron chi connectivity index (χ1n) is 5.82. The lowest BCUT2D eigenvalue weighted by molar-refractivity contribution is -0.0812. The Kier molecular flexibility index (Phi) is 1.45. The smallest absolute Gasteiger partial charge is 0.110 e. The second-order valence-corrected chi connectivity index (χ2v) is 5.32. The minimum atomic E-state index is -0.183. The maximum Gasteiger partial charge on any atom is 0.110 e. The zero-order valence-electron chi connectivity index (χ0n) is 8.13. The fourth-order valence-electron chi connectivity index (χ4n) is 3.39. The molecule has 0 amide bonds. The summed E-state index contributed by atoms with van der Waals surface area (Å²) in [4.78, 5) is 0. The Morgan fingerprint density at radius 1 is 1.14 bits per heavy atom. The van der Waals surface area contributed by atoms with Crippen LogP contribution in [0.5, 0.6) is 0 Å². The van der Waals surface area contributed by atoms with Crippen LogP contribution >= 0.6 is 0 Å². The molecule has 0 aromatic rings. The Bertz CT molecular complexity index is 267. The molecule has 4 rings (SSSR count). The summed E-state index contributed by atoms with van der Waals surface area (Å²) in [6.45, 7) is 0. The third kappa shape index (κ3) is 1.03. The van der Waals surface area contributed by atoms with E-state index in [4.69, 9.17) is 9.47 Å². The molecule has 0 aromatic carbocycles. The van der Waals surface area contributed by atoms with Crippen molar-refractivity contribution in [3.05, 3.63) is 0 Å². The van der Waals surface area contributed by atoms with Gasteiger partial charge in [-0.1, -0.05) is 0 Å². The highest BCUT2D eigenvalue weighted by atomic mass is 16.6. The predicted molar refractivity (Wildman–Crippen MR) is 48.8 cm³/mol. The lowest BCUT2D eigenvalue weighted by atomic mass is 10.1. The van der Waals surface area contributed by atoms with Crippen molar-refractivity contribution in [3.8, 4) is 0 Å². The van der Waals surface area contributed by atoms with Gasteiger partial charge in [-0.05, 0) is 37.5 Å². The van der Waals surface area contributed by atoms with Crippen molar-refractivity contribution in [3.63, 3.8) is 0 Å². The van der Waals surface area contributed by atoms with Gasteiger partial charge < -0.3 is 14.6 Å². The molecule has 4 fully saturated rings. The highest BCUT2D eigenvalue weighted by Gasteiger charge is 2.57. The van der Waals surface area contributed by atoms with Gasteiger partial charge in [-0.2, -0.15) is 0 Å². The zero-order chi connectivity index (χ0) is 9.28. The van der Waals surface area contributed by atoms with E-state index in [-0.39, 0.29) is 18.3 Å². The van der Waals surface area contributed by atoms with E-state index in [1.54, 1.807) is 0 Å². The fraction of sp³-hybridized carbons (Fsp3) is 1.00. The molecule has 3 saturated carbocycles. The van der Waals surface area contributed by atoms with E-state index in [0.717, 1.165) is 25.2 Å². The van der Waals surface area contributed by atoms with Crippen molar-refractivity contribution in [1.29, 1.82) is 0 Å². The molecule has 1 heterocycles. The Hall–Kier alpha value is -0.120. The highest BCUT2D eigenvalue weighted by Crippen LogP contribution is 2.53. The molecule has 0 spiro atoms. The van der Waals surface area contributed by atoms with Gasteiger partial charge in [0.05, 0.1) is 24.4 Å². The normalized spacial score (nSPS) is 63.6. The third-order valence-electron chi connectivity index (χ3n) is 4.41. The average Bonchev–Trinajstić information content (AvgIpc) is 3.04. The number of rotatable bonds is 2. The number of hydrogen-bond donors (Lipinski definition) is 1. The van der Waals surface area contributed by atoms with E-state index in [2.05, 4.69) is 0 Å². The molecule has 3 heteroatoms. The van der Waals surface area contributed by atoms with E-state index >= 15 is 0 Å². The number of epoxide rings is 1. The quantitative estimate of drug-likeness (QED) is 0.661. The van der Waals surface area contributed by atoms with E-state index in [1.807, 2.05) is 0 Å². The molecule has 0 bridgehead atoms. The second-order valence-electron chi connectivity index (χ2n) is 5.32. The summed E-state index contributed by atoms with van der Waals surface area (Å²) in [6.07, 6.45) is 5.70. The molecule has 14 heavy (non-hydrogen) atoms. The summed E-state index contributed by atoms with van der Waals surface area (Å²) in [7, 11) is 0. The number of ether oxygens (including phenoxy) is 2. The lowest BCUT2D eigenvalue weighted by Crippen LogP contribution is -2.32. The summed E-state index contributed by atoms with van der Waals surface area (Å²) in [5, 5.41) is 9.89. The fourth-order valence-corrected chi connectivity index (χ4v) is 3.39. The van der Waals surface area contributed by atoms with Gasteiger partial charge in [-0.25, -0.2) is 0 Å². The van der Waals surface area contributed by atoms with E-state index in [1.165, 1.54) is 6.42 Å². The van der Waals surface area contributed by atoms with Gasteiger partial charge >= 0.3 is 0 Å². The average molecular weight is 196 g/mol. The first kappa shape index (κ1) is 8.08. The summed E-state index contributed by atoms with van der Waals surface area (Å²) in [6, 6.07) is 0. The maximum atomic E-state index is 9.89. The monoisotopic (exact) mass is 196 g/mol. The van der Waals surface area contributed by atoms with Crippen molar-refractivity contribution in [2.24, 2.45) is 11.8 Å². The van der Waals surface area contributed by atoms with Gasteiger partial charge in [-0.3, -0.25) is 0 Å². The van der Waals surface area contributed by atoms with E-state index < -0.39 is 0 Å². The summed E-state index contributed by atoms with van der Waals surface area (Å²) < 4.78 is 11.4. The SMILES string of the molecule is OC1C(OC2CCC3OC23)CC2CC21. The lowest BCUT2D eigenvalue weighted by Gasteiger charge is -2.23. The predicted octanol–water partition coefficient (Wildman–Crippen LogP) is 0.702. The molecule has 7 unspecified atom stereocenters. The minimum absolute atomic E-state index is 0.117. The van der Waals surface area contributed by atoms with Crippen molar-refractivity contribution < 1.29 is 14.6 Å². The summed E-state index contributed by atoms with van der Waals surface area (Å²) >= 11 is 0. The number of fused-ring (bicyclic) bond motifs is 2. The van der Waals surface area contributed by atoms with Crippen LogP contribution in [0.15, 0.2) is 0 Å². The summed E-state index contributed by atoms with van der Waals surface area (Å²) in [5.74, 6) is 1.34. The van der Waals surface area contributed by atoms with Crippen LogP contribution in [0.3, 0.4) is 0 Å². The molecule has 4 aliphatic rings. The molecular formula is C11H16O3. The molecule has 3 nitrogen and oxygen atoms in total. The molecule has 0 radical (unpaired) electrons. The largest absolute Gasteiger partial charge is 0.390 e. The van der Waals surface area contributed by atoms with Crippen LogP contribution in [0, 0.1) is 11.8 Å². The van der Waals surface area contributed by atoms with Crippen molar-refractivity contribution in [2.75, 3.05) is 0 Å². The Morgan fingerprint density at radius 2 is 2.07 bits per heavy atom. The molecule has 3 aliphatic carbocycles.